The molecule has 6 heteroatoms. The van der Waals surface area contributed by atoms with Crippen LogP contribution in [0.2, 0.25) is 0 Å². The maximum absolute atomic E-state index is 12.7. The van der Waals surface area contributed by atoms with Gasteiger partial charge in [-0.15, -0.1) is 0 Å². The number of ketones is 1. The molecule has 0 radical (unpaired) electrons. The van der Waals surface area contributed by atoms with Crippen molar-refractivity contribution < 1.29 is 23.1 Å². The fraction of sp³-hybridized carbons (Fsp3) is 0.500. The van der Waals surface area contributed by atoms with E-state index >= 15 is 0 Å². The predicted octanol–water partition coefficient (Wildman–Crippen LogP) is 6.15. The summed E-state index contributed by atoms with van der Waals surface area (Å²) in [6, 6.07) is 5.81. The predicted molar refractivity (Wildman–Crippen MR) is 104 cm³/mol. The first-order valence-electron chi connectivity index (χ1n) is 9.27. The maximum Gasteiger partial charge on any atom is 0.431 e. The van der Waals surface area contributed by atoms with Crippen LogP contribution in [0.1, 0.15) is 80.8 Å². The van der Waals surface area contributed by atoms with Gasteiger partial charge in [0.05, 0.1) is 5.69 Å². The summed E-state index contributed by atoms with van der Waals surface area (Å²) in [7, 11) is 0. The van der Waals surface area contributed by atoms with Crippen LogP contribution < -0.4 is 0 Å². The van der Waals surface area contributed by atoms with Crippen molar-refractivity contribution >= 4 is 5.78 Å². The average Bonchev–Trinajstić information content (AvgIpc) is 3.01. The van der Waals surface area contributed by atoms with Crippen LogP contribution in [0.5, 0.6) is 5.75 Å². The van der Waals surface area contributed by atoms with Crippen LogP contribution in [0, 0.1) is 0 Å². The number of hydrogen-bond donors (Lipinski definition) is 2. The largest absolute Gasteiger partial charge is 0.507 e. The minimum atomic E-state index is -4.50. The highest BCUT2D eigenvalue weighted by Gasteiger charge is 2.32. The fourth-order valence-corrected chi connectivity index (χ4v) is 3.10. The Bertz CT molecular complexity index is 830. The van der Waals surface area contributed by atoms with Gasteiger partial charge in [-0.1, -0.05) is 53.7 Å². The normalized spacial score (nSPS) is 13.0. The van der Waals surface area contributed by atoms with Gasteiger partial charge in [0.1, 0.15) is 11.4 Å². The van der Waals surface area contributed by atoms with E-state index in [1.807, 2.05) is 53.7 Å². The molecule has 0 bridgehead atoms. The Kier molecular flexibility index (Phi) is 5.75. The highest BCUT2D eigenvalue weighted by molar-refractivity contribution is 5.94. The summed E-state index contributed by atoms with van der Waals surface area (Å²) >= 11 is 0. The van der Waals surface area contributed by atoms with E-state index in [0.29, 0.717) is 6.42 Å². The monoisotopic (exact) mass is 395 g/mol. The third-order valence-electron chi connectivity index (χ3n) is 4.72. The molecule has 2 rings (SSSR count). The fourth-order valence-electron chi connectivity index (χ4n) is 3.10. The lowest BCUT2D eigenvalue weighted by molar-refractivity contribution is -0.140. The van der Waals surface area contributed by atoms with Crippen LogP contribution in [0.25, 0.3) is 0 Å². The number of nitrogens with one attached hydrogen (secondary N) is 1. The van der Waals surface area contributed by atoms with E-state index in [2.05, 4.69) is 4.98 Å². The van der Waals surface area contributed by atoms with E-state index in [9.17, 15) is 23.1 Å². The molecule has 2 aromatic rings. The molecule has 1 aromatic heterocycles. The number of carbonyl (C=O) groups is 1. The van der Waals surface area contributed by atoms with Crippen molar-refractivity contribution in [3.05, 3.63) is 52.3 Å². The van der Waals surface area contributed by atoms with Crippen molar-refractivity contribution in [2.75, 3.05) is 0 Å². The molecule has 3 nitrogen and oxygen atoms in total. The number of alkyl halides is 3. The Hall–Kier alpha value is -2.24. The first kappa shape index (κ1) is 22.1. The molecule has 154 valence electrons. The Morgan fingerprint density at radius 2 is 1.46 bits per heavy atom. The second-order valence-corrected chi connectivity index (χ2v) is 9.25. The molecular formula is C22H28F3NO2. The van der Waals surface area contributed by atoms with E-state index in [0.717, 1.165) is 22.8 Å². The highest BCUT2D eigenvalue weighted by Crippen LogP contribution is 2.40. The molecule has 0 saturated heterocycles. The van der Waals surface area contributed by atoms with Crippen LogP contribution in [0.4, 0.5) is 13.2 Å². The molecule has 0 unspecified atom stereocenters. The molecule has 1 aromatic carbocycles. The minimum Gasteiger partial charge on any atom is -0.507 e. The van der Waals surface area contributed by atoms with E-state index in [1.54, 1.807) is 0 Å². The lowest BCUT2D eigenvalue weighted by Crippen LogP contribution is -2.18. The standard InChI is InChI=1S/C22H28F3NO2/c1-20(2,3)14-11-13(12-15(19(14)28)21(4,5)6)7-9-17(27)16-8-10-18(26-16)22(23,24)25/h8,10-12,26,28H,7,9H2,1-6H3. The van der Waals surface area contributed by atoms with Crippen molar-refractivity contribution in [3.63, 3.8) is 0 Å². The van der Waals surface area contributed by atoms with Gasteiger partial charge in [0.15, 0.2) is 5.78 Å². The SMILES string of the molecule is CC(C)(C)c1cc(CCC(=O)c2ccc(C(F)(F)F)[nH]2)cc(C(C)(C)C)c1O. The van der Waals surface area contributed by atoms with E-state index in [1.165, 1.54) is 6.07 Å². The Labute approximate surface area is 164 Å². The molecule has 2 N–H and O–H groups in total. The lowest BCUT2D eigenvalue weighted by Gasteiger charge is -2.28. The van der Waals surface area contributed by atoms with Gasteiger partial charge in [-0.05, 0) is 46.1 Å². The first-order valence-corrected chi connectivity index (χ1v) is 9.27. The van der Waals surface area contributed by atoms with E-state index in [4.69, 9.17) is 0 Å². The number of Topliss-reactive ketones (excluding diaryl/α,β-unsaturated/α-hetero) is 1. The molecule has 0 aliphatic carbocycles. The van der Waals surface area contributed by atoms with E-state index < -0.39 is 11.9 Å². The summed E-state index contributed by atoms with van der Waals surface area (Å²) < 4.78 is 38.1. The first-order chi connectivity index (χ1) is 12.6. The summed E-state index contributed by atoms with van der Waals surface area (Å²) in [5.41, 5.74) is 0.923. The zero-order valence-electron chi connectivity index (χ0n) is 17.2. The number of aryl methyl sites for hydroxylation is 1. The summed E-state index contributed by atoms with van der Waals surface area (Å²) in [6.45, 7) is 12.0. The van der Waals surface area contributed by atoms with Gasteiger partial charge in [-0.3, -0.25) is 4.79 Å². The highest BCUT2D eigenvalue weighted by atomic mass is 19.4. The number of benzene rings is 1. The summed E-state index contributed by atoms with van der Waals surface area (Å²) in [6.07, 6.45) is -4.04. The number of halogens is 3. The number of hydrogen-bond acceptors (Lipinski definition) is 2. The van der Waals surface area contributed by atoms with Crippen molar-refractivity contribution in [2.24, 2.45) is 0 Å². The third kappa shape index (κ3) is 4.97. The van der Waals surface area contributed by atoms with Crippen LogP contribution in [-0.4, -0.2) is 15.9 Å². The average molecular weight is 395 g/mol. The van der Waals surface area contributed by atoms with Gasteiger partial charge >= 0.3 is 6.18 Å². The number of carbonyl (C=O) groups excluding carboxylic acids is 1. The molecule has 0 aliphatic rings. The molecule has 28 heavy (non-hydrogen) atoms. The minimum absolute atomic E-state index is 0.0433. The van der Waals surface area contributed by atoms with Gasteiger partial charge < -0.3 is 10.1 Å². The van der Waals surface area contributed by atoms with Crippen molar-refractivity contribution in [1.29, 1.82) is 0 Å². The topological polar surface area (TPSA) is 53.1 Å². The van der Waals surface area contributed by atoms with Crippen LogP contribution in [-0.2, 0) is 23.4 Å². The summed E-state index contributed by atoms with van der Waals surface area (Å²) in [5.74, 6) is -0.118. The number of aromatic amines is 1. The molecule has 1 heterocycles. The van der Waals surface area contributed by atoms with Crippen molar-refractivity contribution in [2.45, 2.75) is 71.4 Å². The van der Waals surface area contributed by atoms with Crippen LogP contribution >= 0.6 is 0 Å². The molecule has 0 atom stereocenters. The second-order valence-electron chi connectivity index (χ2n) is 9.25. The Balaban J connectivity index is 2.29. The number of phenolic OH excluding ortho intramolecular Hbond substituents is 1. The second kappa shape index (κ2) is 7.30. The number of phenols is 1. The summed E-state index contributed by atoms with van der Waals surface area (Å²) in [4.78, 5) is 14.5. The van der Waals surface area contributed by atoms with Crippen molar-refractivity contribution in [1.82, 2.24) is 4.98 Å². The van der Waals surface area contributed by atoms with E-state index in [-0.39, 0.29) is 34.5 Å². The van der Waals surface area contributed by atoms with Crippen LogP contribution in [0.3, 0.4) is 0 Å². The number of rotatable bonds is 4. The third-order valence-corrected chi connectivity index (χ3v) is 4.72. The maximum atomic E-state index is 12.7. The molecular weight excluding hydrogens is 367 g/mol. The van der Waals surface area contributed by atoms with Crippen LogP contribution in [0.15, 0.2) is 24.3 Å². The Morgan fingerprint density at radius 3 is 1.86 bits per heavy atom. The number of H-pyrrole nitrogens is 1. The molecule has 0 saturated carbocycles. The number of aromatic nitrogens is 1. The van der Waals surface area contributed by atoms with Gasteiger partial charge in [0.2, 0.25) is 0 Å². The lowest BCUT2D eigenvalue weighted by atomic mass is 9.78. The molecule has 0 amide bonds. The van der Waals surface area contributed by atoms with Gasteiger partial charge in [0, 0.05) is 6.42 Å². The smallest absolute Gasteiger partial charge is 0.431 e. The quantitative estimate of drug-likeness (QED) is 0.610. The zero-order chi connectivity index (χ0) is 21.5. The molecule has 0 spiro atoms. The van der Waals surface area contributed by atoms with Gasteiger partial charge in [-0.25, -0.2) is 0 Å². The van der Waals surface area contributed by atoms with Crippen molar-refractivity contribution in [3.8, 4) is 5.75 Å². The van der Waals surface area contributed by atoms with Gasteiger partial charge in [0.25, 0.3) is 0 Å². The Morgan fingerprint density at radius 1 is 0.964 bits per heavy atom. The summed E-state index contributed by atoms with van der Waals surface area (Å²) in [5, 5.41) is 10.7. The molecule has 0 fully saturated rings. The zero-order valence-corrected chi connectivity index (χ0v) is 17.2. The van der Waals surface area contributed by atoms with Gasteiger partial charge in [-0.2, -0.15) is 13.2 Å². The molecule has 0 aliphatic heterocycles. The number of aromatic hydroxyl groups is 1.